The molecule has 3 rings (SSSR count). The maximum absolute atomic E-state index is 12.1. The van der Waals surface area contributed by atoms with Crippen LogP contribution < -0.4 is 5.32 Å². The smallest absolute Gasteiger partial charge is 0.259 e. The third-order valence-corrected chi connectivity index (χ3v) is 5.09. The lowest BCUT2D eigenvalue weighted by atomic mass is 9.89. The highest BCUT2D eigenvalue weighted by atomic mass is 35.5. The van der Waals surface area contributed by atoms with Crippen LogP contribution in [0.2, 0.25) is 5.15 Å². The molecule has 110 valence electrons. The van der Waals surface area contributed by atoms with Crippen LogP contribution in [-0.2, 0) is 12.8 Å². The van der Waals surface area contributed by atoms with Gasteiger partial charge in [-0.1, -0.05) is 24.9 Å². The average molecular weight is 322 g/mol. The first-order valence-electron chi connectivity index (χ1n) is 7.07. The molecule has 1 atom stereocenters. The minimum absolute atomic E-state index is 0.197. The molecule has 1 amide bonds. The molecule has 2 heterocycles. The summed E-state index contributed by atoms with van der Waals surface area (Å²) in [5, 5.41) is 3.91. The van der Waals surface area contributed by atoms with Crippen molar-refractivity contribution >= 4 is 34.0 Å². The van der Waals surface area contributed by atoms with Crippen LogP contribution >= 0.6 is 22.9 Å². The van der Waals surface area contributed by atoms with Crippen molar-refractivity contribution in [1.82, 2.24) is 9.97 Å². The summed E-state index contributed by atoms with van der Waals surface area (Å²) >= 11 is 7.31. The number of rotatable bonds is 3. The lowest BCUT2D eigenvalue weighted by molar-refractivity contribution is 0.102. The number of hydrogen-bond acceptors (Lipinski definition) is 4. The van der Waals surface area contributed by atoms with Gasteiger partial charge < -0.3 is 0 Å². The number of hydrogen-bond donors (Lipinski definition) is 1. The predicted octanol–water partition coefficient (Wildman–Crippen LogP) is 3.96. The number of halogens is 1. The van der Waals surface area contributed by atoms with Gasteiger partial charge in [-0.15, -0.1) is 11.3 Å². The van der Waals surface area contributed by atoms with Gasteiger partial charge >= 0.3 is 0 Å². The molecule has 0 bridgehead atoms. The fourth-order valence-electron chi connectivity index (χ4n) is 2.52. The molecule has 2 aromatic heterocycles. The summed E-state index contributed by atoms with van der Waals surface area (Å²) in [6.45, 7) is 2.23. The zero-order chi connectivity index (χ0) is 14.8. The second-order valence-electron chi connectivity index (χ2n) is 5.23. The van der Waals surface area contributed by atoms with Gasteiger partial charge in [0.2, 0.25) is 0 Å². The number of anilines is 1. The molecule has 1 unspecified atom stereocenters. The summed E-state index contributed by atoms with van der Waals surface area (Å²) in [4.78, 5) is 21.9. The Labute approximate surface area is 132 Å². The van der Waals surface area contributed by atoms with Crippen LogP contribution in [0, 0.1) is 5.92 Å². The summed E-state index contributed by atoms with van der Waals surface area (Å²) in [7, 11) is 0. The summed E-state index contributed by atoms with van der Waals surface area (Å²) in [5.74, 6) is 0.555. The normalized spacial score (nSPS) is 17.3. The van der Waals surface area contributed by atoms with Crippen LogP contribution in [0.25, 0.3) is 0 Å². The molecule has 4 nitrogen and oxygen atoms in total. The molecular weight excluding hydrogens is 306 g/mol. The van der Waals surface area contributed by atoms with E-state index in [4.69, 9.17) is 11.6 Å². The molecule has 0 fully saturated rings. The number of fused-ring (bicyclic) bond motifs is 1. The Bertz CT molecular complexity index is 653. The van der Waals surface area contributed by atoms with Crippen molar-refractivity contribution in [1.29, 1.82) is 0 Å². The van der Waals surface area contributed by atoms with Gasteiger partial charge in [-0.05, 0) is 37.3 Å². The van der Waals surface area contributed by atoms with E-state index in [1.165, 1.54) is 23.9 Å². The fourth-order valence-corrected chi connectivity index (χ4v) is 3.75. The second-order valence-corrected chi connectivity index (χ2v) is 6.70. The second kappa shape index (κ2) is 6.12. The molecular formula is C15H16ClN3OS. The van der Waals surface area contributed by atoms with E-state index >= 15 is 0 Å². The summed E-state index contributed by atoms with van der Waals surface area (Å²) in [5.41, 5.74) is 1.63. The Morgan fingerprint density at radius 1 is 1.52 bits per heavy atom. The lowest BCUT2D eigenvalue weighted by Crippen LogP contribution is -2.12. The minimum atomic E-state index is -0.197. The number of carbonyl (C=O) groups is 1. The largest absolute Gasteiger partial charge is 0.298 e. The van der Waals surface area contributed by atoms with Gasteiger partial charge in [-0.2, -0.15) is 0 Å². The number of amides is 1. The van der Waals surface area contributed by atoms with E-state index in [0.717, 1.165) is 24.5 Å². The number of aromatic nitrogens is 2. The molecule has 21 heavy (non-hydrogen) atoms. The Hall–Kier alpha value is -1.46. The van der Waals surface area contributed by atoms with Gasteiger partial charge in [0.05, 0.1) is 11.3 Å². The predicted molar refractivity (Wildman–Crippen MR) is 85.1 cm³/mol. The molecule has 2 aromatic rings. The van der Waals surface area contributed by atoms with E-state index in [0.29, 0.717) is 15.8 Å². The molecule has 6 heteroatoms. The highest BCUT2D eigenvalue weighted by molar-refractivity contribution is 7.15. The topological polar surface area (TPSA) is 54.9 Å². The first-order valence-corrected chi connectivity index (χ1v) is 8.26. The van der Waals surface area contributed by atoms with Crippen LogP contribution in [0.1, 0.15) is 40.7 Å². The monoisotopic (exact) mass is 321 g/mol. The molecule has 0 saturated heterocycles. The van der Waals surface area contributed by atoms with Gasteiger partial charge in [0.1, 0.15) is 5.15 Å². The third-order valence-electron chi connectivity index (χ3n) is 3.83. The molecule has 1 aliphatic rings. The Morgan fingerprint density at radius 2 is 2.38 bits per heavy atom. The summed E-state index contributed by atoms with van der Waals surface area (Å²) in [6, 6.07) is 3.26. The zero-order valence-electron chi connectivity index (χ0n) is 11.7. The highest BCUT2D eigenvalue weighted by Gasteiger charge is 2.22. The van der Waals surface area contributed by atoms with E-state index < -0.39 is 0 Å². The van der Waals surface area contributed by atoms with Crippen molar-refractivity contribution in [2.24, 2.45) is 5.92 Å². The molecule has 0 aliphatic heterocycles. The van der Waals surface area contributed by atoms with Crippen LogP contribution in [0.15, 0.2) is 18.3 Å². The van der Waals surface area contributed by atoms with Crippen LogP contribution in [0.3, 0.4) is 0 Å². The first-order chi connectivity index (χ1) is 10.2. The fraction of sp³-hybridized carbons (Fsp3) is 0.400. The molecule has 1 N–H and O–H groups in total. The highest BCUT2D eigenvalue weighted by Crippen LogP contribution is 2.33. The SMILES string of the molecule is CCC1CCc2nc(NC(=O)c3ccc(Cl)nc3)sc2C1. The standard InChI is InChI=1S/C15H16ClN3OS/c1-2-9-3-5-11-12(7-9)21-15(18-11)19-14(20)10-4-6-13(16)17-8-10/h4,6,8-9H,2-3,5,7H2,1H3,(H,18,19,20). The van der Waals surface area contributed by atoms with Gasteiger partial charge in [-0.25, -0.2) is 9.97 Å². The quantitative estimate of drug-likeness (QED) is 0.871. The molecule has 0 radical (unpaired) electrons. The molecule has 0 spiro atoms. The Kier molecular flexibility index (Phi) is 4.22. The summed E-state index contributed by atoms with van der Waals surface area (Å²) < 4.78 is 0. The van der Waals surface area contributed by atoms with Gasteiger partial charge in [0, 0.05) is 11.1 Å². The maximum Gasteiger partial charge on any atom is 0.259 e. The van der Waals surface area contributed by atoms with E-state index in [2.05, 4.69) is 22.2 Å². The average Bonchev–Trinajstić information content (AvgIpc) is 2.88. The summed E-state index contributed by atoms with van der Waals surface area (Å²) in [6.07, 6.45) is 5.97. The van der Waals surface area contributed by atoms with Gasteiger partial charge in [0.15, 0.2) is 5.13 Å². The van der Waals surface area contributed by atoms with Crippen molar-refractivity contribution in [2.75, 3.05) is 5.32 Å². The zero-order valence-corrected chi connectivity index (χ0v) is 13.3. The number of nitrogens with zero attached hydrogens (tertiary/aromatic N) is 2. The van der Waals surface area contributed by atoms with E-state index in [9.17, 15) is 4.79 Å². The number of carbonyl (C=O) groups excluding carboxylic acids is 1. The van der Waals surface area contributed by atoms with Crippen molar-refractivity contribution in [3.05, 3.63) is 39.6 Å². The number of nitrogens with one attached hydrogen (secondary N) is 1. The lowest BCUT2D eigenvalue weighted by Gasteiger charge is -2.18. The third kappa shape index (κ3) is 3.24. The molecule has 0 saturated carbocycles. The number of aryl methyl sites for hydroxylation is 1. The van der Waals surface area contributed by atoms with Crippen LogP contribution in [0.5, 0.6) is 0 Å². The van der Waals surface area contributed by atoms with Crippen molar-refractivity contribution < 1.29 is 4.79 Å². The van der Waals surface area contributed by atoms with E-state index in [1.807, 2.05) is 0 Å². The van der Waals surface area contributed by atoms with Crippen LogP contribution in [0.4, 0.5) is 5.13 Å². The Balaban J connectivity index is 1.72. The molecule has 1 aliphatic carbocycles. The number of pyridine rings is 1. The Morgan fingerprint density at radius 3 is 3.10 bits per heavy atom. The van der Waals surface area contributed by atoms with Crippen molar-refractivity contribution in [3.8, 4) is 0 Å². The van der Waals surface area contributed by atoms with Crippen molar-refractivity contribution in [2.45, 2.75) is 32.6 Å². The maximum atomic E-state index is 12.1. The number of thiazole rings is 1. The van der Waals surface area contributed by atoms with Gasteiger partial charge in [-0.3, -0.25) is 10.1 Å². The minimum Gasteiger partial charge on any atom is -0.298 e. The molecule has 0 aromatic carbocycles. The van der Waals surface area contributed by atoms with E-state index in [1.54, 1.807) is 23.5 Å². The van der Waals surface area contributed by atoms with E-state index in [-0.39, 0.29) is 5.91 Å². The first kappa shape index (κ1) is 14.5. The van der Waals surface area contributed by atoms with Crippen molar-refractivity contribution in [3.63, 3.8) is 0 Å². The van der Waals surface area contributed by atoms with Crippen LogP contribution in [-0.4, -0.2) is 15.9 Å². The van der Waals surface area contributed by atoms with Gasteiger partial charge in [0.25, 0.3) is 5.91 Å².